The van der Waals surface area contributed by atoms with Crippen molar-refractivity contribution in [1.29, 1.82) is 0 Å². The number of rotatable bonds is 6. The number of amides is 1. The summed E-state index contributed by atoms with van der Waals surface area (Å²) in [6.45, 7) is 11.3. The van der Waals surface area contributed by atoms with Gasteiger partial charge < -0.3 is 10.0 Å². The maximum atomic E-state index is 13.1. The van der Waals surface area contributed by atoms with Gasteiger partial charge in [0.25, 0.3) is 5.91 Å². The number of aliphatic hydroxyl groups is 1. The molecule has 0 unspecified atom stereocenters. The number of alkyl halides is 3. The number of anilines is 2. The number of halogens is 3. The number of Topliss-reactive ketones (excluding diaryl/α,β-unsaturated/α-hetero) is 1. The minimum absolute atomic E-state index is 0.117. The third-order valence-electron chi connectivity index (χ3n) is 5.78. The summed E-state index contributed by atoms with van der Waals surface area (Å²) in [5, 5.41) is 16.1. The van der Waals surface area contributed by atoms with E-state index in [9.17, 15) is 36.3 Å². The average molecular weight is 529 g/mol. The molecule has 1 aliphatic heterocycles. The van der Waals surface area contributed by atoms with E-state index >= 15 is 0 Å². The summed E-state index contributed by atoms with van der Waals surface area (Å²) in [5.74, 6) is -2.05. The van der Waals surface area contributed by atoms with E-state index < -0.39 is 49.8 Å². The SMILES string of the molecule is CCN(CC)c1ccc(C2=C(O)C(=C3C(=O)N(C(C)(C)C)N=C3C)C2=O)c(NS(=O)(=O)C(F)(F)F)c1. The Hall–Kier alpha value is -3.35. The zero-order valence-corrected chi connectivity index (χ0v) is 21.4. The number of carbonyl (C=O) groups excluding carboxylic acids is 2. The Balaban J connectivity index is 2.18. The fourth-order valence-corrected chi connectivity index (χ4v) is 4.53. The molecule has 1 aliphatic carbocycles. The van der Waals surface area contributed by atoms with E-state index in [1.54, 1.807) is 25.7 Å². The molecule has 1 heterocycles. The number of benzene rings is 1. The number of hydrogen-bond donors (Lipinski definition) is 2. The first-order valence-corrected chi connectivity index (χ1v) is 12.6. The van der Waals surface area contributed by atoms with Crippen LogP contribution in [0.4, 0.5) is 24.5 Å². The fourth-order valence-electron chi connectivity index (χ4n) is 3.96. The number of hydrogen-bond acceptors (Lipinski definition) is 7. The molecule has 0 radical (unpaired) electrons. The van der Waals surface area contributed by atoms with Crippen LogP contribution in [0.3, 0.4) is 0 Å². The van der Waals surface area contributed by atoms with Gasteiger partial charge in [-0.2, -0.15) is 26.7 Å². The molecule has 1 aromatic carbocycles. The highest BCUT2D eigenvalue weighted by Gasteiger charge is 2.48. The maximum Gasteiger partial charge on any atom is 0.516 e. The van der Waals surface area contributed by atoms with E-state index in [4.69, 9.17) is 0 Å². The van der Waals surface area contributed by atoms with Gasteiger partial charge in [-0.05, 0) is 59.7 Å². The minimum Gasteiger partial charge on any atom is -0.506 e. The smallest absolute Gasteiger partial charge is 0.506 e. The highest BCUT2D eigenvalue weighted by Crippen LogP contribution is 2.44. The summed E-state index contributed by atoms with van der Waals surface area (Å²) in [4.78, 5) is 27.8. The molecule has 0 aromatic heterocycles. The molecule has 13 heteroatoms. The number of nitrogens with one attached hydrogen (secondary N) is 1. The first-order valence-electron chi connectivity index (χ1n) is 11.1. The molecule has 0 saturated heterocycles. The molecule has 2 aliphatic rings. The first-order chi connectivity index (χ1) is 16.5. The van der Waals surface area contributed by atoms with Gasteiger partial charge in [0.1, 0.15) is 5.76 Å². The minimum atomic E-state index is -5.83. The molecular weight excluding hydrogens is 501 g/mol. The Morgan fingerprint density at radius 3 is 2.08 bits per heavy atom. The zero-order chi connectivity index (χ0) is 27.4. The Morgan fingerprint density at radius 1 is 1.06 bits per heavy atom. The van der Waals surface area contributed by atoms with Crippen molar-refractivity contribution in [1.82, 2.24) is 5.01 Å². The normalized spacial score (nSPS) is 19.0. The number of carbonyl (C=O) groups is 2. The van der Waals surface area contributed by atoms with Crippen molar-refractivity contribution in [2.45, 2.75) is 52.6 Å². The Kier molecular flexibility index (Phi) is 6.77. The van der Waals surface area contributed by atoms with Crippen molar-refractivity contribution >= 4 is 44.4 Å². The van der Waals surface area contributed by atoms with Gasteiger partial charge in [-0.15, -0.1) is 0 Å². The van der Waals surface area contributed by atoms with Gasteiger partial charge in [0.05, 0.1) is 33.7 Å². The van der Waals surface area contributed by atoms with Crippen LogP contribution in [-0.2, 0) is 19.6 Å². The summed E-state index contributed by atoms with van der Waals surface area (Å²) < 4.78 is 64.6. The highest BCUT2D eigenvalue weighted by atomic mass is 32.2. The van der Waals surface area contributed by atoms with Crippen LogP contribution in [0.2, 0.25) is 0 Å². The molecule has 3 rings (SSSR count). The number of allylic oxidation sites excluding steroid dienone is 2. The molecular formula is C23H27F3N4O5S. The summed E-state index contributed by atoms with van der Waals surface area (Å²) in [5.41, 5.74) is -7.34. The van der Waals surface area contributed by atoms with Gasteiger partial charge in [-0.25, -0.2) is 5.01 Å². The van der Waals surface area contributed by atoms with Crippen molar-refractivity contribution in [3.05, 3.63) is 40.7 Å². The lowest BCUT2D eigenvalue weighted by Crippen LogP contribution is -2.40. The van der Waals surface area contributed by atoms with E-state index in [-0.39, 0.29) is 22.4 Å². The molecule has 0 fully saturated rings. The lowest BCUT2D eigenvalue weighted by atomic mass is 9.79. The van der Waals surface area contributed by atoms with Crippen LogP contribution in [0.1, 0.15) is 47.1 Å². The Morgan fingerprint density at radius 2 is 1.64 bits per heavy atom. The molecule has 0 spiro atoms. The highest BCUT2D eigenvalue weighted by molar-refractivity contribution is 7.93. The van der Waals surface area contributed by atoms with Crippen molar-refractivity contribution in [2.75, 3.05) is 22.7 Å². The third-order valence-corrected chi connectivity index (χ3v) is 6.88. The van der Waals surface area contributed by atoms with Crippen LogP contribution in [0.5, 0.6) is 0 Å². The molecule has 1 aromatic rings. The zero-order valence-electron chi connectivity index (χ0n) is 20.6. The van der Waals surface area contributed by atoms with Gasteiger partial charge >= 0.3 is 15.5 Å². The van der Waals surface area contributed by atoms with Gasteiger partial charge in [-0.3, -0.25) is 14.3 Å². The second-order valence-electron chi connectivity index (χ2n) is 9.23. The predicted molar refractivity (Wildman–Crippen MR) is 130 cm³/mol. The number of sulfonamides is 1. The van der Waals surface area contributed by atoms with E-state index in [0.717, 1.165) is 0 Å². The standard InChI is InChI=1S/C23H27F3N4O5S/c1-7-29(8-2)13-9-10-14(15(11-13)28-36(34,35)23(24,25)26)17-19(31)18(20(17)32)16-12(3)27-30(21(16)33)22(4,5)6/h9-11,28,31H,7-8H2,1-6H3. The van der Waals surface area contributed by atoms with Crippen LogP contribution in [0, 0.1) is 0 Å². The second kappa shape index (κ2) is 8.95. The number of nitrogens with zero attached hydrogens (tertiary/aromatic N) is 3. The van der Waals surface area contributed by atoms with E-state index in [2.05, 4.69) is 5.10 Å². The average Bonchev–Trinajstić information content (AvgIpc) is 3.04. The maximum absolute atomic E-state index is 13.1. The predicted octanol–water partition coefficient (Wildman–Crippen LogP) is 3.96. The van der Waals surface area contributed by atoms with Crippen molar-refractivity contribution in [3.63, 3.8) is 0 Å². The van der Waals surface area contributed by atoms with Gasteiger partial charge in [0.2, 0.25) is 5.78 Å². The lowest BCUT2D eigenvalue weighted by Gasteiger charge is -2.29. The van der Waals surface area contributed by atoms with Crippen LogP contribution < -0.4 is 9.62 Å². The largest absolute Gasteiger partial charge is 0.516 e. The number of ketones is 1. The monoisotopic (exact) mass is 528 g/mol. The van der Waals surface area contributed by atoms with E-state index in [1.807, 2.05) is 13.8 Å². The molecule has 0 atom stereocenters. The molecule has 1 amide bonds. The van der Waals surface area contributed by atoms with Crippen LogP contribution in [-0.4, -0.2) is 60.1 Å². The van der Waals surface area contributed by atoms with Crippen LogP contribution in [0.15, 0.2) is 40.2 Å². The number of hydrazone groups is 1. The summed E-state index contributed by atoms with van der Waals surface area (Å²) >= 11 is 0. The van der Waals surface area contributed by atoms with E-state index in [0.29, 0.717) is 18.8 Å². The van der Waals surface area contributed by atoms with Gasteiger partial charge in [-0.1, -0.05) is 0 Å². The summed E-state index contributed by atoms with van der Waals surface area (Å²) in [6.07, 6.45) is 0. The van der Waals surface area contributed by atoms with Crippen LogP contribution >= 0.6 is 0 Å². The summed E-state index contributed by atoms with van der Waals surface area (Å²) in [7, 11) is -5.83. The summed E-state index contributed by atoms with van der Waals surface area (Å²) in [6, 6.07) is 3.92. The first kappa shape index (κ1) is 27.2. The molecule has 36 heavy (non-hydrogen) atoms. The Labute approximate surface area is 207 Å². The molecule has 196 valence electrons. The molecule has 0 bridgehead atoms. The van der Waals surface area contributed by atoms with E-state index in [1.165, 1.54) is 34.9 Å². The molecule has 9 nitrogen and oxygen atoms in total. The van der Waals surface area contributed by atoms with Crippen molar-refractivity contribution < 1.29 is 36.3 Å². The lowest BCUT2D eigenvalue weighted by molar-refractivity contribution is -0.130. The third kappa shape index (κ3) is 4.47. The quantitative estimate of drug-likeness (QED) is 0.540. The van der Waals surface area contributed by atoms with Crippen molar-refractivity contribution in [2.24, 2.45) is 5.10 Å². The number of aliphatic hydroxyl groups excluding tert-OH is 1. The molecule has 2 N–H and O–H groups in total. The van der Waals surface area contributed by atoms with Crippen molar-refractivity contribution in [3.8, 4) is 0 Å². The van der Waals surface area contributed by atoms with Gasteiger partial charge in [0, 0.05) is 24.3 Å². The second-order valence-corrected chi connectivity index (χ2v) is 10.9. The Bertz CT molecular complexity index is 1330. The van der Waals surface area contributed by atoms with Crippen LogP contribution in [0.25, 0.3) is 5.57 Å². The van der Waals surface area contributed by atoms with Gasteiger partial charge in [0.15, 0.2) is 0 Å². The fraction of sp³-hybridized carbons (Fsp3) is 0.435. The molecule has 0 saturated carbocycles. The topological polar surface area (TPSA) is 119 Å².